The van der Waals surface area contributed by atoms with E-state index in [0.717, 1.165) is 25.1 Å². The number of halogens is 1. The van der Waals surface area contributed by atoms with Crippen LogP contribution in [-0.4, -0.2) is 21.7 Å². The Morgan fingerprint density at radius 2 is 2.18 bits per heavy atom. The summed E-state index contributed by atoms with van der Waals surface area (Å²) in [6.07, 6.45) is 2.00. The van der Waals surface area contributed by atoms with Crippen LogP contribution in [0.5, 0.6) is 0 Å². The van der Waals surface area contributed by atoms with Crippen LogP contribution in [0.3, 0.4) is 0 Å². The molecule has 0 aliphatic heterocycles. The second-order valence-corrected chi connectivity index (χ2v) is 5.19. The number of nitrogens with zero attached hydrogens (tertiary/aromatic N) is 2. The van der Waals surface area contributed by atoms with Crippen LogP contribution in [0.4, 0.5) is 0 Å². The van der Waals surface area contributed by atoms with E-state index in [1.807, 2.05) is 11.7 Å². The molecule has 0 saturated heterocycles. The van der Waals surface area contributed by atoms with Crippen molar-refractivity contribution in [3.05, 3.63) is 17.5 Å². The topological polar surface area (TPSA) is 29.9 Å². The molecular formula is C13H24ClN3. The summed E-state index contributed by atoms with van der Waals surface area (Å²) in [4.78, 5) is 0. The second-order valence-electron chi connectivity index (χ2n) is 4.81. The molecule has 0 fully saturated rings. The molecule has 0 bridgehead atoms. The molecule has 0 spiro atoms. The van der Waals surface area contributed by atoms with E-state index in [0.29, 0.717) is 17.8 Å². The van der Waals surface area contributed by atoms with Crippen molar-refractivity contribution in [1.29, 1.82) is 0 Å². The van der Waals surface area contributed by atoms with Gasteiger partial charge in [0.1, 0.15) is 0 Å². The summed E-state index contributed by atoms with van der Waals surface area (Å²) in [6, 6.07) is 2.65. The zero-order valence-corrected chi connectivity index (χ0v) is 12.1. The highest BCUT2D eigenvalue weighted by Crippen LogP contribution is 2.09. The van der Waals surface area contributed by atoms with E-state index < -0.39 is 0 Å². The van der Waals surface area contributed by atoms with E-state index in [1.165, 1.54) is 5.69 Å². The normalized spacial score (nSPS) is 13.3. The zero-order chi connectivity index (χ0) is 12.8. The fourth-order valence-electron chi connectivity index (χ4n) is 1.93. The lowest BCUT2D eigenvalue weighted by Gasteiger charge is -2.21. The lowest BCUT2D eigenvalue weighted by atomic mass is 10.0. The van der Waals surface area contributed by atoms with Crippen LogP contribution in [-0.2, 0) is 20.0 Å². The van der Waals surface area contributed by atoms with E-state index in [2.05, 4.69) is 37.3 Å². The lowest BCUT2D eigenvalue weighted by Crippen LogP contribution is -2.34. The van der Waals surface area contributed by atoms with Gasteiger partial charge in [0.2, 0.25) is 0 Å². The summed E-state index contributed by atoms with van der Waals surface area (Å²) >= 11 is 5.82. The molecule has 1 unspecified atom stereocenters. The van der Waals surface area contributed by atoms with Gasteiger partial charge < -0.3 is 5.32 Å². The Balaban J connectivity index is 2.55. The van der Waals surface area contributed by atoms with Crippen molar-refractivity contribution in [2.45, 2.75) is 46.2 Å². The predicted octanol–water partition coefficient (Wildman–Crippen LogP) is 2.73. The summed E-state index contributed by atoms with van der Waals surface area (Å²) in [5, 5.41) is 8.02. The minimum atomic E-state index is 0.479. The molecule has 1 rings (SSSR count). The molecule has 0 aromatic carbocycles. The highest BCUT2D eigenvalue weighted by molar-refractivity contribution is 6.17. The van der Waals surface area contributed by atoms with Gasteiger partial charge >= 0.3 is 0 Å². The molecule has 3 nitrogen and oxygen atoms in total. The van der Waals surface area contributed by atoms with Gasteiger partial charge in [0, 0.05) is 25.5 Å². The molecule has 0 aliphatic carbocycles. The quantitative estimate of drug-likeness (QED) is 0.762. The molecule has 98 valence electrons. The average Bonchev–Trinajstić information content (AvgIpc) is 2.65. The fraction of sp³-hybridized carbons (Fsp3) is 0.769. The Labute approximate surface area is 110 Å². The molecule has 0 radical (unpaired) electrons. The van der Waals surface area contributed by atoms with Gasteiger partial charge in [-0.3, -0.25) is 4.68 Å². The highest BCUT2D eigenvalue weighted by Gasteiger charge is 2.13. The van der Waals surface area contributed by atoms with Crippen LogP contribution < -0.4 is 5.32 Å². The van der Waals surface area contributed by atoms with Crippen molar-refractivity contribution < 1.29 is 0 Å². The van der Waals surface area contributed by atoms with Gasteiger partial charge in [-0.05, 0) is 24.8 Å². The first-order valence-corrected chi connectivity index (χ1v) is 6.93. The predicted molar refractivity (Wildman–Crippen MR) is 73.4 cm³/mol. The lowest BCUT2D eigenvalue weighted by molar-refractivity contribution is 0.384. The van der Waals surface area contributed by atoms with Crippen LogP contribution in [0, 0.1) is 5.92 Å². The Bertz CT molecular complexity index is 333. The molecule has 1 aromatic heterocycles. The molecule has 1 N–H and O–H groups in total. The smallest absolute Gasteiger partial charge is 0.0625 e. The molecule has 0 amide bonds. The monoisotopic (exact) mass is 257 g/mol. The van der Waals surface area contributed by atoms with Crippen molar-refractivity contribution in [2.75, 3.05) is 5.88 Å². The Kier molecular flexibility index (Phi) is 6.00. The second kappa shape index (κ2) is 7.02. The van der Waals surface area contributed by atoms with Crippen LogP contribution >= 0.6 is 11.6 Å². The van der Waals surface area contributed by atoms with Gasteiger partial charge in [-0.2, -0.15) is 5.10 Å². The first kappa shape index (κ1) is 14.5. The number of aromatic nitrogens is 2. The number of alkyl halides is 1. The van der Waals surface area contributed by atoms with Crippen molar-refractivity contribution in [1.82, 2.24) is 15.1 Å². The van der Waals surface area contributed by atoms with Crippen LogP contribution in [0.15, 0.2) is 6.07 Å². The Morgan fingerprint density at radius 1 is 1.47 bits per heavy atom. The largest absolute Gasteiger partial charge is 0.308 e. The third-order valence-electron chi connectivity index (χ3n) is 3.16. The molecule has 0 saturated carbocycles. The summed E-state index contributed by atoms with van der Waals surface area (Å²) in [6.45, 7) is 7.45. The number of rotatable bonds is 7. The van der Waals surface area contributed by atoms with Gasteiger partial charge in [0.25, 0.3) is 0 Å². The first-order chi connectivity index (χ1) is 8.08. The number of hydrogen-bond acceptors (Lipinski definition) is 2. The van der Waals surface area contributed by atoms with E-state index in [4.69, 9.17) is 11.6 Å². The van der Waals surface area contributed by atoms with Crippen LogP contribution in [0.2, 0.25) is 0 Å². The molecule has 17 heavy (non-hydrogen) atoms. The molecule has 1 aromatic rings. The molecule has 1 atom stereocenters. The van der Waals surface area contributed by atoms with Crippen molar-refractivity contribution in [3.63, 3.8) is 0 Å². The molecular weight excluding hydrogens is 234 g/mol. The van der Waals surface area contributed by atoms with Gasteiger partial charge in [-0.15, -0.1) is 11.6 Å². The van der Waals surface area contributed by atoms with Crippen LogP contribution in [0.25, 0.3) is 0 Å². The standard InChI is InChI=1S/C13H24ClN3/c1-5-11-8-12(17(4)16-11)9-15-13(6-7-14)10(2)3/h8,10,13,15H,5-7,9H2,1-4H3. The minimum absolute atomic E-state index is 0.479. The summed E-state index contributed by atoms with van der Waals surface area (Å²) in [5.41, 5.74) is 2.39. The summed E-state index contributed by atoms with van der Waals surface area (Å²) in [7, 11) is 2.00. The fourth-order valence-corrected chi connectivity index (χ4v) is 2.17. The van der Waals surface area contributed by atoms with E-state index in [-0.39, 0.29) is 0 Å². The molecule has 4 heteroatoms. The van der Waals surface area contributed by atoms with Gasteiger partial charge in [0.15, 0.2) is 0 Å². The first-order valence-electron chi connectivity index (χ1n) is 6.39. The van der Waals surface area contributed by atoms with Gasteiger partial charge in [-0.1, -0.05) is 20.8 Å². The maximum absolute atomic E-state index is 5.82. The average molecular weight is 258 g/mol. The third kappa shape index (κ3) is 4.32. The number of aryl methyl sites for hydroxylation is 2. The number of nitrogens with one attached hydrogen (secondary N) is 1. The van der Waals surface area contributed by atoms with E-state index in [9.17, 15) is 0 Å². The summed E-state index contributed by atoms with van der Waals surface area (Å²) < 4.78 is 1.96. The van der Waals surface area contributed by atoms with Crippen molar-refractivity contribution >= 4 is 11.6 Å². The number of hydrogen-bond donors (Lipinski definition) is 1. The van der Waals surface area contributed by atoms with Crippen LogP contribution in [0.1, 0.15) is 38.6 Å². The van der Waals surface area contributed by atoms with E-state index in [1.54, 1.807) is 0 Å². The zero-order valence-electron chi connectivity index (χ0n) is 11.3. The Hall–Kier alpha value is -0.540. The van der Waals surface area contributed by atoms with Gasteiger partial charge in [0.05, 0.1) is 11.4 Å². The van der Waals surface area contributed by atoms with Crippen molar-refractivity contribution in [3.8, 4) is 0 Å². The van der Waals surface area contributed by atoms with E-state index >= 15 is 0 Å². The SMILES string of the molecule is CCc1cc(CNC(CCCl)C(C)C)n(C)n1. The maximum atomic E-state index is 5.82. The molecule has 1 heterocycles. The molecule has 0 aliphatic rings. The Morgan fingerprint density at radius 3 is 2.65 bits per heavy atom. The minimum Gasteiger partial charge on any atom is -0.308 e. The summed E-state index contributed by atoms with van der Waals surface area (Å²) in [5.74, 6) is 1.31. The van der Waals surface area contributed by atoms with Crippen molar-refractivity contribution in [2.24, 2.45) is 13.0 Å². The van der Waals surface area contributed by atoms with Gasteiger partial charge in [-0.25, -0.2) is 0 Å². The third-order valence-corrected chi connectivity index (χ3v) is 3.38. The highest BCUT2D eigenvalue weighted by atomic mass is 35.5. The maximum Gasteiger partial charge on any atom is 0.0625 e.